The molecule has 0 aromatic heterocycles. The van der Waals surface area contributed by atoms with Gasteiger partial charge in [0.05, 0.1) is 6.61 Å². The molecule has 92 valence electrons. The van der Waals surface area contributed by atoms with Gasteiger partial charge in [-0.2, -0.15) is 0 Å². The second kappa shape index (κ2) is 5.61. The molecule has 0 aromatic carbocycles. The maximum absolute atomic E-state index is 10.6. The molecule has 2 rings (SSSR count). The molecule has 2 saturated heterocycles. The van der Waals surface area contributed by atoms with E-state index in [0.29, 0.717) is 6.04 Å². The van der Waals surface area contributed by atoms with Crippen molar-refractivity contribution in [2.75, 3.05) is 52.4 Å². The summed E-state index contributed by atoms with van der Waals surface area (Å²) >= 11 is 0. The van der Waals surface area contributed by atoms with Gasteiger partial charge in [0.15, 0.2) is 0 Å². The summed E-state index contributed by atoms with van der Waals surface area (Å²) in [4.78, 5) is 17.3. The Hall–Kier alpha value is -0.650. The Kier molecular flexibility index (Phi) is 4.15. The van der Waals surface area contributed by atoms with Crippen LogP contribution < -0.4 is 0 Å². The lowest BCUT2D eigenvalue weighted by Crippen LogP contribution is -2.51. The molecule has 1 atom stereocenters. The first-order valence-corrected chi connectivity index (χ1v) is 6.10. The first kappa shape index (κ1) is 11.8. The van der Waals surface area contributed by atoms with E-state index in [1.54, 1.807) is 0 Å². The summed E-state index contributed by atoms with van der Waals surface area (Å²) in [5.41, 5.74) is 0. The zero-order chi connectivity index (χ0) is 11.4. The van der Waals surface area contributed by atoms with Gasteiger partial charge in [0.25, 0.3) is 0 Å². The number of hydrogen-bond acceptors (Lipinski definition) is 4. The molecule has 2 aliphatic heterocycles. The molecule has 0 aromatic rings. The highest BCUT2D eigenvalue weighted by atomic mass is 16.3. The van der Waals surface area contributed by atoms with Crippen molar-refractivity contribution in [2.24, 2.45) is 0 Å². The highest BCUT2D eigenvalue weighted by Gasteiger charge is 2.28. The molecule has 2 heterocycles. The van der Waals surface area contributed by atoms with Crippen LogP contribution in [-0.4, -0.2) is 84.7 Å². The van der Waals surface area contributed by atoms with E-state index in [2.05, 4.69) is 9.80 Å². The van der Waals surface area contributed by atoms with Crippen LogP contribution in [-0.2, 0) is 4.79 Å². The van der Waals surface area contributed by atoms with Gasteiger partial charge in [0.1, 0.15) is 0 Å². The fourth-order valence-corrected chi connectivity index (χ4v) is 2.66. The quantitative estimate of drug-likeness (QED) is 0.615. The molecule has 1 amide bonds. The van der Waals surface area contributed by atoms with E-state index < -0.39 is 0 Å². The molecule has 2 fully saturated rings. The van der Waals surface area contributed by atoms with Crippen molar-refractivity contribution in [1.82, 2.24) is 14.7 Å². The van der Waals surface area contributed by atoms with E-state index in [1.165, 1.54) is 0 Å². The Balaban J connectivity index is 1.74. The van der Waals surface area contributed by atoms with Gasteiger partial charge >= 0.3 is 0 Å². The molecule has 0 radical (unpaired) electrons. The van der Waals surface area contributed by atoms with Crippen molar-refractivity contribution >= 4 is 6.41 Å². The van der Waals surface area contributed by atoms with Gasteiger partial charge in [-0.15, -0.1) is 0 Å². The third-order valence-corrected chi connectivity index (χ3v) is 3.68. The Morgan fingerprint density at radius 2 is 1.94 bits per heavy atom. The molecule has 16 heavy (non-hydrogen) atoms. The molecule has 0 spiro atoms. The number of hydrogen-bond donors (Lipinski definition) is 1. The van der Waals surface area contributed by atoms with Crippen molar-refractivity contribution in [1.29, 1.82) is 0 Å². The first-order chi connectivity index (χ1) is 7.83. The normalized spacial score (nSPS) is 28.6. The lowest BCUT2D eigenvalue weighted by molar-refractivity contribution is -0.117. The SMILES string of the molecule is O=CN1CCC(N2CCN(CCO)CC2)C1. The molecule has 5 nitrogen and oxygen atoms in total. The minimum Gasteiger partial charge on any atom is -0.395 e. The minimum absolute atomic E-state index is 0.252. The van der Waals surface area contributed by atoms with E-state index in [-0.39, 0.29) is 6.61 Å². The van der Waals surface area contributed by atoms with Crippen LogP contribution in [0.25, 0.3) is 0 Å². The molecule has 0 saturated carbocycles. The summed E-state index contributed by atoms with van der Waals surface area (Å²) in [6.07, 6.45) is 2.07. The molecular formula is C11H21N3O2. The van der Waals surface area contributed by atoms with Gasteiger partial charge in [-0.3, -0.25) is 14.6 Å². The number of nitrogens with zero attached hydrogens (tertiary/aromatic N) is 3. The zero-order valence-electron chi connectivity index (χ0n) is 9.72. The van der Waals surface area contributed by atoms with Crippen molar-refractivity contribution in [3.63, 3.8) is 0 Å². The van der Waals surface area contributed by atoms with Crippen LogP contribution in [0.3, 0.4) is 0 Å². The summed E-state index contributed by atoms with van der Waals surface area (Å²) in [5.74, 6) is 0. The standard InChI is InChI=1S/C11H21N3O2/c15-8-7-12-3-5-14(6-4-12)11-1-2-13(9-11)10-16/h10-11,15H,1-9H2. The van der Waals surface area contributed by atoms with Gasteiger partial charge in [0, 0.05) is 51.9 Å². The van der Waals surface area contributed by atoms with Gasteiger partial charge in [-0.25, -0.2) is 0 Å². The predicted molar refractivity (Wildman–Crippen MR) is 61.1 cm³/mol. The average Bonchev–Trinajstić information content (AvgIpc) is 2.79. The topological polar surface area (TPSA) is 47.0 Å². The molecular weight excluding hydrogens is 206 g/mol. The Morgan fingerprint density at radius 3 is 2.50 bits per heavy atom. The fraction of sp³-hybridized carbons (Fsp3) is 0.909. The van der Waals surface area contributed by atoms with Crippen LogP contribution >= 0.6 is 0 Å². The van der Waals surface area contributed by atoms with Crippen molar-refractivity contribution in [3.05, 3.63) is 0 Å². The van der Waals surface area contributed by atoms with Crippen LogP contribution in [0.4, 0.5) is 0 Å². The Labute approximate surface area is 96.6 Å². The molecule has 1 N–H and O–H groups in total. The number of carbonyl (C=O) groups is 1. The van der Waals surface area contributed by atoms with Crippen molar-refractivity contribution < 1.29 is 9.90 Å². The van der Waals surface area contributed by atoms with E-state index in [1.807, 2.05) is 4.90 Å². The number of aliphatic hydroxyl groups is 1. The third-order valence-electron chi connectivity index (χ3n) is 3.68. The minimum atomic E-state index is 0.252. The van der Waals surface area contributed by atoms with Crippen molar-refractivity contribution in [2.45, 2.75) is 12.5 Å². The number of likely N-dealkylation sites (tertiary alicyclic amines) is 1. The monoisotopic (exact) mass is 227 g/mol. The van der Waals surface area contributed by atoms with E-state index in [0.717, 1.165) is 58.6 Å². The second-order valence-corrected chi connectivity index (χ2v) is 4.64. The third kappa shape index (κ3) is 2.72. The van der Waals surface area contributed by atoms with Crippen LogP contribution in [0.2, 0.25) is 0 Å². The maximum atomic E-state index is 10.6. The lowest BCUT2D eigenvalue weighted by atomic mass is 10.2. The van der Waals surface area contributed by atoms with E-state index in [4.69, 9.17) is 5.11 Å². The highest BCUT2D eigenvalue weighted by molar-refractivity contribution is 5.47. The molecule has 5 heteroatoms. The van der Waals surface area contributed by atoms with Gasteiger partial charge in [-0.1, -0.05) is 0 Å². The van der Waals surface area contributed by atoms with Gasteiger partial charge < -0.3 is 10.0 Å². The van der Waals surface area contributed by atoms with Gasteiger partial charge in [0.2, 0.25) is 6.41 Å². The van der Waals surface area contributed by atoms with Crippen LogP contribution in [0.1, 0.15) is 6.42 Å². The zero-order valence-corrected chi connectivity index (χ0v) is 9.72. The average molecular weight is 227 g/mol. The first-order valence-electron chi connectivity index (χ1n) is 6.10. The van der Waals surface area contributed by atoms with Crippen LogP contribution in [0.5, 0.6) is 0 Å². The summed E-state index contributed by atoms with van der Waals surface area (Å²) in [5, 5.41) is 8.86. The predicted octanol–water partition coefficient (Wildman–Crippen LogP) is -1.17. The highest BCUT2D eigenvalue weighted by Crippen LogP contribution is 2.16. The van der Waals surface area contributed by atoms with Crippen LogP contribution in [0, 0.1) is 0 Å². The largest absolute Gasteiger partial charge is 0.395 e. The summed E-state index contributed by atoms with van der Waals surface area (Å²) < 4.78 is 0. The molecule has 0 aliphatic carbocycles. The number of piperazine rings is 1. The number of carbonyl (C=O) groups excluding carboxylic acids is 1. The summed E-state index contributed by atoms with van der Waals surface area (Å²) in [6.45, 7) is 7.06. The van der Waals surface area contributed by atoms with E-state index >= 15 is 0 Å². The summed E-state index contributed by atoms with van der Waals surface area (Å²) in [7, 11) is 0. The Morgan fingerprint density at radius 1 is 1.19 bits per heavy atom. The van der Waals surface area contributed by atoms with Gasteiger partial charge in [-0.05, 0) is 6.42 Å². The number of amides is 1. The molecule has 1 unspecified atom stereocenters. The number of rotatable bonds is 4. The number of β-amino-alcohol motifs (C(OH)–C–C–N with tert-alkyl or cyclic N) is 1. The fourth-order valence-electron chi connectivity index (χ4n) is 2.66. The maximum Gasteiger partial charge on any atom is 0.209 e. The summed E-state index contributed by atoms with van der Waals surface area (Å²) in [6, 6.07) is 0.557. The molecule has 2 aliphatic rings. The van der Waals surface area contributed by atoms with Crippen LogP contribution in [0.15, 0.2) is 0 Å². The molecule has 0 bridgehead atoms. The Bertz CT molecular complexity index is 229. The van der Waals surface area contributed by atoms with Crippen molar-refractivity contribution in [3.8, 4) is 0 Å². The number of aliphatic hydroxyl groups excluding tert-OH is 1. The lowest BCUT2D eigenvalue weighted by Gasteiger charge is -2.37. The second-order valence-electron chi connectivity index (χ2n) is 4.64. The smallest absolute Gasteiger partial charge is 0.209 e. The van der Waals surface area contributed by atoms with E-state index in [9.17, 15) is 4.79 Å².